The van der Waals surface area contributed by atoms with Gasteiger partial charge in [0.2, 0.25) is 11.8 Å². The number of aromatic nitrogens is 1. The number of pyridine rings is 1. The van der Waals surface area contributed by atoms with Gasteiger partial charge in [0.25, 0.3) is 5.69 Å². The van der Waals surface area contributed by atoms with Crippen LogP contribution in [0.2, 0.25) is 0 Å². The highest BCUT2D eigenvalue weighted by molar-refractivity contribution is 6.16. The van der Waals surface area contributed by atoms with Gasteiger partial charge in [-0.05, 0) is 67.4 Å². The lowest BCUT2D eigenvalue weighted by Crippen LogP contribution is -2.35. The van der Waals surface area contributed by atoms with E-state index in [2.05, 4.69) is 25.9 Å². The largest absolute Gasteiger partial charge is 0.455 e. The maximum atomic E-state index is 13.2. The number of anilines is 4. The van der Waals surface area contributed by atoms with Crippen LogP contribution < -0.4 is 20.7 Å². The number of ether oxygens (including phenoxy) is 1. The van der Waals surface area contributed by atoms with Crippen LogP contribution in [0.5, 0.6) is 11.5 Å². The van der Waals surface area contributed by atoms with Crippen LogP contribution in [-0.2, 0) is 9.59 Å². The summed E-state index contributed by atoms with van der Waals surface area (Å²) in [5.41, 5.74) is 1.21. The maximum absolute atomic E-state index is 13.2. The molecule has 0 spiro atoms. The Bertz CT molecular complexity index is 1720. The number of carbonyl (C=O) groups is 2. The van der Waals surface area contributed by atoms with E-state index >= 15 is 0 Å². The Morgan fingerprint density at radius 2 is 1.61 bits per heavy atom. The number of hydrogen-bond acceptors (Lipinski definition) is 8. The quantitative estimate of drug-likeness (QED) is 0.126. The van der Waals surface area contributed by atoms with E-state index in [1.54, 1.807) is 42.6 Å². The molecule has 204 valence electrons. The molecule has 1 aliphatic heterocycles. The molecule has 3 N–H and O–H groups in total. The molecule has 1 fully saturated rings. The third-order valence-electron chi connectivity index (χ3n) is 6.78. The zero-order valence-corrected chi connectivity index (χ0v) is 21.3. The Kier molecular flexibility index (Phi) is 6.34. The van der Waals surface area contributed by atoms with Crippen LogP contribution in [-0.4, -0.2) is 27.9 Å². The third-order valence-corrected chi connectivity index (χ3v) is 6.78. The predicted octanol–water partition coefficient (Wildman–Crippen LogP) is 6.09. The SMILES string of the molecule is O=C(Nc1ccc(F)cc1)C1(C(=O)Nc2ccc(Oc3ccnc4c3N=Cc3cc([N+](=O)[O-])ccc3N4)cc2)CC1. The number of non-ortho nitro benzene ring substituents is 1. The number of nitrogens with one attached hydrogen (secondary N) is 3. The summed E-state index contributed by atoms with van der Waals surface area (Å²) in [6, 6.07) is 18.0. The predicted molar refractivity (Wildman–Crippen MR) is 150 cm³/mol. The highest BCUT2D eigenvalue weighted by Gasteiger charge is 2.56. The lowest BCUT2D eigenvalue weighted by molar-refractivity contribution is -0.384. The lowest BCUT2D eigenvalue weighted by Gasteiger charge is -2.16. The van der Waals surface area contributed by atoms with Crippen LogP contribution in [0.4, 0.5) is 38.6 Å². The topological polar surface area (TPSA) is 148 Å². The van der Waals surface area contributed by atoms with Crippen molar-refractivity contribution in [2.75, 3.05) is 16.0 Å². The standard InChI is InChI=1S/C29H21FN6O5/c30-18-1-3-19(4-2-18)33-27(37)29(12-13-29)28(38)34-20-5-8-22(9-6-20)41-24-11-14-31-26-25(24)32-16-17-15-21(36(39)40)7-10-23(17)35-26/h1-11,14-16H,12-13H2,(H,31,35)(H,33,37)(H,34,38). The molecule has 0 saturated heterocycles. The van der Waals surface area contributed by atoms with E-state index in [0.717, 1.165) is 0 Å². The molecule has 0 bridgehead atoms. The van der Waals surface area contributed by atoms with Gasteiger partial charge < -0.3 is 20.7 Å². The van der Waals surface area contributed by atoms with E-state index in [1.165, 1.54) is 42.6 Å². The molecule has 11 nitrogen and oxygen atoms in total. The summed E-state index contributed by atoms with van der Waals surface area (Å²) >= 11 is 0. The lowest BCUT2D eigenvalue weighted by atomic mass is 10.0. The van der Waals surface area contributed by atoms with Crippen LogP contribution in [0.1, 0.15) is 18.4 Å². The van der Waals surface area contributed by atoms with Crippen molar-refractivity contribution in [3.05, 3.63) is 100 Å². The van der Waals surface area contributed by atoms with E-state index in [1.807, 2.05) is 0 Å². The summed E-state index contributed by atoms with van der Waals surface area (Å²) in [6.07, 6.45) is 3.87. The van der Waals surface area contributed by atoms with Crippen LogP contribution in [0.3, 0.4) is 0 Å². The van der Waals surface area contributed by atoms with Crippen molar-refractivity contribution in [3.63, 3.8) is 0 Å². The molecule has 3 aromatic carbocycles. The third kappa shape index (κ3) is 5.17. The monoisotopic (exact) mass is 552 g/mol. The van der Waals surface area contributed by atoms with E-state index in [9.17, 15) is 24.1 Å². The van der Waals surface area contributed by atoms with Gasteiger partial charge in [-0.1, -0.05) is 0 Å². The smallest absolute Gasteiger partial charge is 0.270 e. The molecule has 2 aliphatic rings. The number of rotatable bonds is 7. The molecule has 0 unspecified atom stereocenters. The fourth-order valence-corrected chi connectivity index (χ4v) is 4.33. The van der Waals surface area contributed by atoms with Gasteiger partial charge >= 0.3 is 0 Å². The zero-order valence-electron chi connectivity index (χ0n) is 21.3. The number of halogens is 1. The summed E-state index contributed by atoms with van der Waals surface area (Å²) in [5.74, 6) is -0.0107. The maximum Gasteiger partial charge on any atom is 0.270 e. The number of carbonyl (C=O) groups excluding carboxylic acids is 2. The van der Waals surface area contributed by atoms with E-state index in [0.29, 0.717) is 58.5 Å². The van der Waals surface area contributed by atoms with Crippen molar-refractivity contribution in [2.24, 2.45) is 10.4 Å². The molecular weight excluding hydrogens is 531 g/mol. The summed E-state index contributed by atoms with van der Waals surface area (Å²) < 4.78 is 19.2. The van der Waals surface area contributed by atoms with Crippen LogP contribution in [0, 0.1) is 21.3 Å². The second kappa shape index (κ2) is 10.2. The summed E-state index contributed by atoms with van der Waals surface area (Å²) in [5, 5.41) is 19.7. The van der Waals surface area contributed by atoms with Crippen LogP contribution in [0.15, 0.2) is 84.0 Å². The molecule has 0 radical (unpaired) electrons. The molecule has 0 atom stereocenters. The number of aliphatic imine (C=N–C) groups is 1. The number of fused-ring (bicyclic) bond motifs is 2. The second-order valence-corrected chi connectivity index (χ2v) is 9.54. The zero-order chi connectivity index (χ0) is 28.6. The molecule has 12 heteroatoms. The number of hydrogen-bond donors (Lipinski definition) is 3. The van der Waals surface area contributed by atoms with Crippen LogP contribution in [0.25, 0.3) is 0 Å². The van der Waals surface area contributed by atoms with Gasteiger partial charge in [0.15, 0.2) is 11.6 Å². The molecule has 2 amide bonds. The van der Waals surface area contributed by atoms with Crippen molar-refractivity contribution < 1.29 is 23.6 Å². The molecule has 1 aromatic heterocycles. The van der Waals surface area contributed by atoms with Gasteiger partial charge in [-0.15, -0.1) is 0 Å². The van der Waals surface area contributed by atoms with Gasteiger partial charge in [0, 0.05) is 53.2 Å². The minimum absolute atomic E-state index is 0.0549. The minimum Gasteiger partial charge on any atom is -0.455 e. The van der Waals surface area contributed by atoms with Gasteiger partial charge in [0.1, 0.15) is 22.7 Å². The van der Waals surface area contributed by atoms with Gasteiger partial charge in [0.05, 0.1) is 4.92 Å². The normalized spacial score (nSPS) is 14.0. The van der Waals surface area contributed by atoms with Crippen LogP contribution >= 0.6 is 0 Å². The van der Waals surface area contributed by atoms with E-state index in [4.69, 9.17) is 4.74 Å². The Balaban J connectivity index is 1.13. The average molecular weight is 553 g/mol. The molecular formula is C29H21FN6O5. The van der Waals surface area contributed by atoms with Crippen molar-refractivity contribution >= 4 is 52.3 Å². The van der Waals surface area contributed by atoms with Gasteiger partial charge in [-0.2, -0.15) is 0 Å². The van der Waals surface area contributed by atoms with Crippen molar-refractivity contribution in [1.29, 1.82) is 0 Å². The molecule has 2 heterocycles. The molecule has 4 aromatic rings. The number of nitrogens with zero attached hydrogens (tertiary/aromatic N) is 3. The van der Waals surface area contributed by atoms with Crippen molar-refractivity contribution in [3.8, 4) is 11.5 Å². The summed E-state index contributed by atoms with van der Waals surface area (Å²) in [7, 11) is 0. The Labute approximate surface area is 232 Å². The Morgan fingerprint density at radius 3 is 2.24 bits per heavy atom. The molecule has 1 aliphatic carbocycles. The van der Waals surface area contributed by atoms with Gasteiger partial charge in [-0.25, -0.2) is 14.4 Å². The highest BCUT2D eigenvalue weighted by Crippen LogP contribution is 2.47. The number of nitro groups is 1. The van der Waals surface area contributed by atoms with Gasteiger partial charge in [-0.3, -0.25) is 19.7 Å². The van der Waals surface area contributed by atoms with E-state index < -0.39 is 28.0 Å². The first-order chi connectivity index (χ1) is 19.8. The fourth-order valence-electron chi connectivity index (χ4n) is 4.33. The fraction of sp³-hybridized carbons (Fsp3) is 0.103. The Hall–Kier alpha value is -5.65. The van der Waals surface area contributed by atoms with Crippen molar-refractivity contribution in [2.45, 2.75) is 12.8 Å². The minimum atomic E-state index is -1.18. The molecule has 6 rings (SSSR count). The number of benzene rings is 3. The average Bonchev–Trinajstić information content (AvgIpc) is 3.79. The Morgan fingerprint density at radius 1 is 0.951 bits per heavy atom. The first kappa shape index (κ1) is 25.6. The van der Waals surface area contributed by atoms with Crippen molar-refractivity contribution in [1.82, 2.24) is 4.98 Å². The second-order valence-electron chi connectivity index (χ2n) is 9.54. The first-order valence-electron chi connectivity index (χ1n) is 12.6. The number of amides is 2. The number of nitro benzene ring substituents is 1. The highest BCUT2D eigenvalue weighted by atomic mass is 19.1. The molecule has 1 saturated carbocycles. The van der Waals surface area contributed by atoms with E-state index in [-0.39, 0.29) is 5.69 Å². The first-order valence-corrected chi connectivity index (χ1v) is 12.6. The summed E-state index contributed by atoms with van der Waals surface area (Å²) in [4.78, 5) is 45.2. The molecule has 41 heavy (non-hydrogen) atoms. The summed E-state index contributed by atoms with van der Waals surface area (Å²) in [6.45, 7) is 0.